The van der Waals surface area contributed by atoms with E-state index in [4.69, 9.17) is 9.72 Å². The van der Waals surface area contributed by atoms with Crippen LogP contribution in [0.1, 0.15) is 43.7 Å². The lowest BCUT2D eigenvalue weighted by Gasteiger charge is -2.32. The van der Waals surface area contributed by atoms with Crippen LogP contribution in [0.15, 0.2) is 36.7 Å². The molecule has 34 heavy (non-hydrogen) atoms. The molecule has 0 radical (unpaired) electrons. The van der Waals surface area contributed by atoms with Crippen LogP contribution in [0.4, 0.5) is 5.95 Å². The van der Waals surface area contributed by atoms with Gasteiger partial charge < -0.3 is 19.5 Å². The SMILES string of the molecule is COCCNc1ncc2c(-c3ccc(CN4CCN(C)CC4)cc3)cn(C3CCCCC3)c2n1. The minimum absolute atomic E-state index is 0.517. The summed E-state index contributed by atoms with van der Waals surface area (Å²) in [5.74, 6) is 0.675. The molecule has 0 unspecified atom stereocenters. The molecule has 0 spiro atoms. The van der Waals surface area contributed by atoms with E-state index >= 15 is 0 Å². The van der Waals surface area contributed by atoms with E-state index < -0.39 is 0 Å². The van der Waals surface area contributed by atoms with Crippen LogP contribution < -0.4 is 5.32 Å². The first-order chi connectivity index (χ1) is 16.7. The Morgan fingerprint density at radius 2 is 1.79 bits per heavy atom. The minimum atomic E-state index is 0.517. The molecule has 7 nitrogen and oxygen atoms in total. The number of benzene rings is 1. The van der Waals surface area contributed by atoms with Crippen molar-refractivity contribution >= 4 is 17.0 Å². The van der Waals surface area contributed by atoms with E-state index in [1.807, 2.05) is 6.20 Å². The van der Waals surface area contributed by atoms with E-state index in [0.29, 0.717) is 25.1 Å². The third-order valence-corrected chi connectivity index (χ3v) is 7.40. The summed E-state index contributed by atoms with van der Waals surface area (Å²) in [6, 6.07) is 9.65. The molecule has 1 aromatic carbocycles. The normalized spacial score (nSPS) is 18.5. The summed E-state index contributed by atoms with van der Waals surface area (Å²) >= 11 is 0. The number of nitrogens with zero attached hydrogens (tertiary/aromatic N) is 5. The van der Waals surface area contributed by atoms with Gasteiger partial charge in [0.05, 0.1) is 6.61 Å². The Hall–Kier alpha value is -2.48. The standard InChI is InChI=1S/C27H38N6O/c1-31-13-15-32(16-14-31)19-21-8-10-22(11-9-21)25-20-33(23-6-4-3-5-7-23)26-24(25)18-29-27(30-26)28-12-17-34-2/h8-11,18,20,23H,3-7,12-17,19H2,1-2H3,(H,28,29,30). The molecule has 1 saturated heterocycles. The Bertz CT molecular complexity index is 1060. The number of hydrogen-bond acceptors (Lipinski definition) is 6. The lowest BCUT2D eigenvalue weighted by molar-refractivity contribution is 0.148. The van der Waals surface area contributed by atoms with Crippen molar-refractivity contribution < 1.29 is 4.74 Å². The van der Waals surface area contributed by atoms with Crippen molar-refractivity contribution in [2.45, 2.75) is 44.7 Å². The maximum Gasteiger partial charge on any atom is 0.224 e. The van der Waals surface area contributed by atoms with E-state index in [1.54, 1.807) is 7.11 Å². The third-order valence-electron chi connectivity index (χ3n) is 7.40. The molecule has 3 aromatic rings. The van der Waals surface area contributed by atoms with E-state index in [2.05, 4.69) is 62.2 Å². The summed E-state index contributed by atoms with van der Waals surface area (Å²) in [5, 5.41) is 4.43. The monoisotopic (exact) mass is 462 g/mol. The van der Waals surface area contributed by atoms with Crippen LogP contribution in [0.25, 0.3) is 22.2 Å². The summed E-state index contributed by atoms with van der Waals surface area (Å²) in [5.41, 5.74) is 4.89. The minimum Gasteiger partial charge on any atom is -0.383 e. The molecule has 2 aliphatic rings. The predicted octanol–water partition coefficient (Wildman–Crippen LogP) is 4.41. The van der Waals surface area contributed by atoms with Crippen LogP contribution >= 0.6 is 0 Å². The quantitative estimate of drug-likeness (QED) is 0.501. The zero-order chi connectivity index (χ0) is 23.3. The fourth-order valence-electron chi connectivity index (χ4n) is 5.30. The number of likely N-dealkylation sites (N-methyl/N-ethyl adjacent to an activating group) is 1. The van der Waals surface area contributed by atoms with Gasteiger partial charge in [-0.15, -0.1) is 0 Å². The second-order valence-electron chi connectivity index (χ2n) is 9.87. The Balaban J connectivity index is 1.41. The molecule has 7 heteroatoms. The largest absolute Gasteiger partial charge is 0.383 e. The predicted molar refractivity (Wildman–Crippen MR) is 138 cm³/mol. The van der Waals surface area contributed by atoms with Crippen molar-refractivity contribution in [1.29, 1.82) is 0 Å². The van der Waals surface area contributed by atoms with Gasteiger partial charge in [0.15, 0.2) is 0 Å². The van der Waals surface area contributed by atoms with Gasteiger partial charge in [0.25, 0.3) is 0 Å². The van der Waals surface area contributed by atoms with Crippen molar-refractivity contribution in [2.75, 3.05) is 58.8 Å². The highest BCUT2D eigenvalue weighted by Crippen LogP contribution is 2.36. The number of fused-ring (bicyclic) bond motifs is 1. The highest BCUT2D eigenvalue weighted by molar-refractivity contribution is 5.94. The van der Waals surface area contributed by atoms with Crippen molar-refractivity contribution in [3.05, 3.63) is 42.2 Å². The van der Waals surface area contributed by atoms with Gasteiger partial charge in [-0.2, -0.15) is 4.98 Å². The van der Waals surface area contributed by atoms with Gasteiger partial charge in [0.2, 0.25) is 5.95 Å². The fourth-order valence-corrected chi connectivity index (χ4v) is 5.30. The summed E-state index contributed by atoms with van der Waals surface area (Å²) in [6.07, 6.45) is 10.7. The zero-order valence-corrected chi connectivity index (χ0v) is 20.7. The number of hydrogen-bond donors (Lipinski definition) is 1. The van der Waals surface area contributed by atoms with Crippen molar-refractivity contribution in [2.24, 2.45) is 0 Å². The van der Waals surface area contributed by atoms with Crippen LogP contribution in [0.3, 0.4) is 0 Å². The molecule has 5 rings (SSSR count). The first kappa shape index (κ1) is 23.3. The molecular formula is C27H38N6O. The van der Waals surface area contributed by atoms with Crippen LogP contribution in [0.5, 0.6) is 0 Å². The summed E-state index contributed by atoms with van der Waals surface area (Å²) in [7, 11) is 3.92. The Morgan fingerprint density at radius 1 is 1.03 bits per heavy atom. The number of anilines is 1. The molecule has 182 valence electrons. The topological polar surface area (TPSA) is 58.5 Å². The Kier molecular flexibility index (Phi) is 7.42. The molecule has 1 aliphatic carbocycles. The van der Waals surface area contributed by atoms with Crippen LogP contribution in [0, 0.1) is 0 Å². The van der Waals surface area contributed by atoms with Gasteiger partial charge >= 0.3 is 0 Å². The molecule has 0 amide bonds. The number of rotatable bonds is 8. The maximum atomic E-state index is 5.17. The second kappa shape index (κ2) is 10.8. The molecule has 2 aromatic heterocycles. The summed E-state index contributed by atoms with van der Waals surface area (Å²) in [6.45, 7) is 6.96. The van der Waals surface area contributed by atoms with Crippen LogP contribution in [0.2, 0.25) is 0 Å². The lowest BCUT2D eigenvalue weighted by Crippen LogP contribution is -2.43. The fraction of sp³-hybridized carbons (Fsp3) is 0.556. The Labute approximate surface area is 203 Å². The molecule has 2 fully saturated rings. The van der Waals surface area contributed by atoms with Crippen LogP contribution in [-0.4, -0.2) is 77.8 Å². The average Bonchev–Trinajstić information content (AvgIpc) is 3.25. The molecular weight excluding hydrogens is 424 g/mol. The highest BCUT2D eigenvalue weighted by atomic mass is 16.5. The molecule has 0 bridgehead atoms. The second-order valence-corrected chi connectivity index (χ2v) is 9.87. The number of ether oxygens (including phenoxy) is 1. The van der Waals surface area contributed by atoms with Gasteiger partial charge in [-0.3, -0.25) is 4.90 Å². The van der Waals surface area contributed by atoms with E-state index in [1.165, 1.54) is 48.8 Å². The molecule has 1 aliphatic heterocycles. The van der Waals surface area contributed by atoms with Gasteiger partial charge in [-0.25, -0.2) is 4.98 Å². The van der Waals surface area contributed by atoms with Gasteiger partial charge in [-0.1, -0.05) is 43.5 Å². The first-order valence-corrected chi connectivity index (χ1v) is 12.8. The molecule has 0 atom stereocenters. The highest BCUT2D eigenvalue weighted by Gasteiger charge is 2.21. The molecule has 1 N–H and O–H groups in total. The number of methoxy groups -OCH3 is 1. The first-order valence-electron chi connectivity index (χ1n) is 12.8. The smallest absolute Gasteiger partial charge is 0.224 e. The lowest BCUT2D eigenvalue weighted by atomic mass is 9.95. The molecule has 3 heterocycles. The number of aromatic nitrogens is 3. The summed E-state index contributed by atoms with van der Waals surface area (Å²) < 4.78 is 7.59. The van der Waals surface area contributed by atoms with Crippen molar-refractivity contribution in [3.8, 4) is 11.1 Å². The van der Waals surface area contributed by atoms with Crippen molar-refractivity contribution in [1.82, 2.24) is 24.3 Å². The van der Waals surface area contributed by atoms with Gasteiger partial charge in [0.1, 0.15) is 5.65 Å². The van der Waals surface area contributed by atoms with Gasteiger partial charge in [-0.05, 0) is 31.0 Å². The Morgan fingerprint density at radius 3 is 2.53 bits per heavy atom. The zero-order valence-electron chi connectivity index (χ0n) is 20.7. The maximum absolute atomic E-state index is 5.17. The van der Waals surface area contributed by atoms with E-state index in [-0.39, 0.29) is 0 Å². The van der Waals surface area contributed by atoms with Crippen LogP contribution in [-0.2, 0) is 11.3 Å². The van der Waals surface area contributed by atoms with Crippen molar-refractivity contribution in [3.63, 3.8) is 0 Å². The van der Waals surface area contributed by atoms with E-state index in [9.17, 15) is 0 Å². The van der Waals surface area contributed by atoms with Gasteiger partial charge in [0, 0.05) is 75.8 Å². The number of nitrogens with one attached hydrogen (secondary N) is 1. The summed E-state index contributed by atoms with van der Waals surface area (Å²) in [4.78, 5) is 14.5. The van der Waals surface area contributed by atoms with E-state index in [0.717, 1.165) is 43.8 Å². The number of piperazine rings is 1. The molecule has 1 saturated carbocycles. The third kappa shape index (κ3) is 5.27. The average molecular weight is 463 g/mol.